The van der Waals surface area contributed by atoms with Gasteiger partial charge < -0.3 is 14.6 Å². The van der Waals surface area contributed by atoms with Crippen LogP contribution in [-0.4, -0.2) is 23.6 Å². The molecule has 0 aliphatic heterocycles. The van der Waals surface area contributed by atoms with Crippen molar-refractivity contribution in [3.05, 3.63) is 42.6 Å². The lowest BCUT2D eigenvalue weighted by Gasteiger charge is -2.14. The van der Waals surface area contributed by atoms with E-state index in [2.05, 4.69) is 44.2 Å². The smallest absolute Gasteiger partial charge is 0.267 e. The van der Waals surface area contributed by atoms with Crippen molar-refractivity contribution in [3.63, 3.8) is 0 Å². The Morgan fingerprint density at radius 2 is 2.04 bits per heavy atom. The van der Waals surface area contributed by atoms with Crippen LogP contribution in [-0.2, 0) is 6.54 Å². The number of carbonyl (C=O) groups is 1. The Morgan fingerprint density at radius 3 is 2.67 bits per heavy atom. The van der Waals surface area contributed by atoms with E-state index in [0.717, 1.165) is 23.2 Å². The average molecular weight is 328 g/mol. The number of hydrogen-bond donors (Lipinski definition) is 1. The van der Waals surface area contributed by atoms with Crippen LogP contribution in [0.3, 0.4) is 0 Å². The maximum atomic E-state index is 12.7. The van der Waals surface area contributed by atoms with Crippen LogP contribution in [0.15, 0.2) is 36.9 Å². The van der Waals surface area contributed by atoms with Gasteiger partial charge in [0.15, 0.2) is 0 Å². The normalized spacial score (nSPS) is 11.2. The number of nitrogens with one attached hydrogen (secondary N) is 1. The van der Waals surface area contributed by atoms with Gasteiger partial charge in [-0.1, -0.05) is 46.4 Å². The molecule has 0 unspecified atom stereocenters. The van der Waals surface area contributed by atoms with Crippen molar-refractivity contribution in [1.29, 1.82) is 0 Å². The summed E-state index contributed by atoms with van der Waals surface area (Å²) in [5, 5.41) is 3.99. The van der Waals surface area contributed by atoms with Gasteiger partial charge >= 0.3 is 0 Å². The van der Waals surface area contributed by atoms with E-state index in [4.69, 9.17) is 4.74 Å². The Balaban J connectivity index is 2.47. The highest BCUT2D eigenvalue weighted by molar-refractivity contribution is 6.00. The van der Waals surface area contributed by atoms with Crippen molar-refractivity contribution in [3.8, 4) is 5.75 Å². The standard InChI is InChI=1S/C20H28N2O2/c1-6-10-24-19-9-7-8-17-16(19)11-18(22(17)13-15(4)5)20(23)21-12-14(2)3/h6-9,11,14-15H,1,10,12-13H2,2-5H3,(H,21,23). The minimum absolute atomic E-state index is 0.0322. The minimum atomic E-state index is -0.0322. The molecule has 0 atom stereocenters. The Labute approximate surface area is 144 Å². The van der Waals surface area contributed by atoms with Crippen LogP contribution in [0.4, 0.5) is 0 Å². The van der Waals surface area contributed by atoms with Gasteiger partial charge in [-0.2, -0.15) is 0 Å². The van der Waals surface area contributed by atoms with Crippen LogP contribution in [0.1, 0.15) is 38.2 Å². The lowest BCUT2D eigenvalue weighted by atomic mass is 10.2. The molecule has 0 bridgehead atoms. The summed E-state index contributed by atoms with van der Waals surface area (Å²) in [5.41, 5.74) is 1.72. The summed E-state index contributed by atoms with van der Waals surface area (Å²) < 4.78 is 7.85. The molecule has 4 nitrogen and oxygen atoms in total. The zero-order valence-electron chi connectivity index (χ0n) is 15.1. The molecule has 0 spiro atoms. The summed E-state index contributed by atoms with van der Waals surface area (Å²) in [4.78, 5) is 12.7. The summed E-state index contributed by atoms with van der Waals surface area (Å²) in [6.45, 7) is 14.1. The number of carbonyl (C=O) groups excluding carboxylic acids is 1. The van der Waals surface area contributed by atoms with Crippen LogP contribution in [0, 0.1) is 11.8 Å². The van der Waals surface area contributed by atoms with Crippen molar-refractivity contribution in [2.24, 2.45) is 11.8 Å². The molecule has 1 aromatic heterocycles. The second-order valence-corrected chi connectivity index (χ2v) is 6.93. The quantitative estimate of drug-likeness (QED) is 0.736. The molecular weight excluding hydrogens is 300 g/mol. The summed E-state index contributed by atoms with van der Waals surface area (Å²) in [6.07, 6.45) is 1.72. The molecule has 1 aromatic carbocycles. The van der Waals surface area contributed by atoms with E-state index in [1.54, 1.807) is 6.08 Å². The van der Waals surface area contributed by atoms with Gasteiger partial charge in [0.05, 0.1) is 5.52 Å². The maximum Gasteiger partial charge on any atom is 0.267 e. The second kappa shape index (κ2) is 8.04. The number of hydrogen-bond acceptors (Lipinski definition) is 2. The van der Waals surface area contributed by atoms with Gasteiger partial charge in [0.1, 0.15) is 18.1 Å². The van der Waals surface area contributed by atoms with E-state index in [-0.39, 0.29) is 5.91 Å². The first-order valence-corrected chi connectivity index (χ1v) is 8.58. The van der Waals surface area contributed by atoms with Crippen molar-refractivity contribution in [1.82, 2.24) is 9.88 Å². The Bertz CT molecular complexity index is 714. The summed E-state index contributed by atoms with van der Waals surface area (Å²) in [5.74, 6) is 1.61. The van der Waals surface area contributed by atoms with E-state index in [1.807, 2.05) is 24.3 Å². The highest BCUT2D eigenvalue weighted by Crippen LogP contribution is 2.30. The number of fused-ring (bicyclic) bond motifs is 1. The van der Waals surface area contributed by atoms with Crippen molar-refractivity contribution in [2.75, 3.05) is 13.2 Å². The van der Waals surface area contributed by atoms with Gasteiger partial charge in [0.25, 0.3) is 5.91 Å². The largest absolute Gasteiger partial charge is 0.489 e. The summed E-state index contributed by atoms with van der Waals surface area (Å²) in [7, 11) is 0. The van der Waals surface area contributed by atoms with Crippen LogP contribution in [0.2, 0.25) is 0 Å². The van der Waals surface area contributed by atoms with Crippen LogP contribution >= 0.6 is 0 Å². The van der Waals surface area contributed by atoms with E-state index in [9.17, 15) is 4.79 Å². The van der Waals surface area contributed by atoms with Gasteiger partial charge in [0, 0.05) is 18.5 Å². The topological polar surface area (TPSA) is 43.3 Å². The number of aromatic nitrogens is 1. The number of amides is 1. The predicted octanol–water partition coefficient (Wildman–Crippen LogP) is 4.25. The van der Waals surface area contributed by atoms with Crippen LogP contribution in [0.25, 0.3) is 10.9 Å². The molecule has 2 rings (SSSR count). The first kappa shape index (κ1) is 18.1. The molecule has 0 aliphatic carbocycles. The third kappa shape index (κ3) is 4.19. The fourth-order valence-electron chi connectivity index (χ4n) is 2.67. The first-order valence-electron chi connectivity index (χ1n) is 8.58. The Hall–Kier alpha value is -2.23. The first-order chi connectivity index (χ1) is 11.4. The second-order valence-electron chi connectivity index (χ2n) is 6.93. The van der Waals surface area contributed by atoms with E-state index in [0.29, 0.717) is 30.7 Å². The fraction of sp³-hybridized carbons (Fsp3) is 0.450. The molecule has 130 valence electrons. The number of ether oxygens (including phenoxy) is 1. The summed E-state index contributed by atoms with van der Waals surface area (Å²) >= 11 is 0. The third-order valence-corrected chi connectivity index (χ3v) is 3.71. The molecule has 1 N–H and O–H groups in total. The average Bonchev–Trinajstić information content (AvgIpc) is 2.89. The molecule has 0 saturated heterocycles. The third-order valence-electron chi connectivity index (χ3n) is 3.71. The maximum absolute atomic E-state index is 12.7. The Morgan fingerprint density at radius 1 is 1.29 bits per heavy atom. The molecule has 0 radical (unpaired) electrons. The molecule has 1 heterocycles. The SMILES string of the molecule is C=CCOc1cccc2c1cc(C(=O)NCC(C)C)n2CC(C)C. The number of benzene rings is 1. The van der Waals surface area contributed by atoms with Gasteiger partial charge in [-0.05, 0) is 30.0 Å². The fourth-order valence-corrected chi connectivity index (χ4v) is 2.67. The highest BCUT2D eigenvalue weighted by atomic mass is 16.5. The monoisotopic (exact) mass is 328 g/mol. The van der Waals surface area contributed by atoms with E-state index >= 15 is 0 Å². The zero-order chi connectivity index (χ0) is 17.7. The molecule has 1 amide bonds. The lowest BCUT2D eigenvalue weighted by molar-refractivity contribution is 0.0939. The Kier molecular flexibility index (Phi) is 6.07. The van der Waals surface area contributed by atoms with Crippen molar-refractivity contribution < 1.29 is 9.53 Å². The minimum Gasteiger partial charge on any atom is -0.489 e. The van der Waals surface area contributed by atoms with Crippen LogP contribution < -0.4 is 10.1 Å². The molecule has 4 heteroatoms. The number of nitrogens with zero attached hydrogens (tertiary/aromatic N) is 1. The van der Waals surface area contributed by atoms with Gasteiger partial charge in [-0.25, -0.2) is 0 Å². The van der Waals surface area contributed by atoms with E-state index in [1.165, 1.54) is 0 Å². The van der Waals surface area contributed by atoms with Gasteiger partial charge in [-0.3, -0.25) is 4.79 Å². The molecule has 0 saturated carbocycles. The van der Waals surface area contributed by atoms with Gasteiger partial charge in [-0.15, -0.1) is 0 Å². The summed E-state index contributed by atoms with van der Waals surface area (Å²) in [6, 6.07) is 7.87. The zero-order valence-corrected chi connectivity index (χ0v) is 15.1. The van der Waals surface area contributed by atoms with Gasteiger partial charge in [0.2, 0.25) is 0 Å². The molecule has 2 aromatic rings. The van der Waals surface area contributed by atoms with E-state index < -0.39 is 0 Å². The molecule has 0 aliphatic rings. The molecular formula is C20H28N2O2. The number of rotatable bonds is 8. The highest BCUT2D eigenvalue weighted by Gasteiger charge is 2.18. The van der Waals surface area contributed by atoms with Crippen LogP contribution in [0.5, 0.6) is 5.75 Å². The van der Waals surface area contributed by atoms with Crippen molar-refractivity contribution in [2.45, 2.75) is 34.2 Å². The predicted molar refractivity (Wildman–Crippen MR) is 99.6 cm³/mol. The van der Waals surface area contributed by atoms with Crippen molar-refractivity contribution >= 4 is 16.8 Å². The molecule has 0 fully saturated rings. The molecule has 24 heavy (non-hydrogen) atoms. The lowest BCUT2D eigenvalue weighted by Crippen LogP contribution is -2.29.